The molecule has 306 valence electrons. The Labute approximate surface area is 332 Å². The van der Waals surface area contributed by atoms with E-state index in [1.54, 1.807) is 39.2 Å². The Balaban J connectivity index is 1.29. The van der Waals surface area contributed by atoms with E-state index in [1.165, 1.54) is 12.0 Å². The zero-order chi connectivity index (χ0) is 40.4. The molecule has 1 aliphatic carbocycles. The van der Waals surface area contributed by atoms with Crippen LogP contribution in [0.5, 0.6) is 5.75 Å². The number of benzene rings is 1. The molecule has 1 aromatic heterocycles. The molecule has 3 fully saturated rings. The van der Waals surface area contributed by atoms with Gasteiger partial charge >= 0.3 is 5.97 Å². The molecule has 1 saturated carbocycles. The SMILES string of the molecule is C=C[C@@H]1CC1(NC(=O)[C@@H]1C[C@@H](OC2=CC(c3coc(NC(C)C)n3)Nc3c2ccc(OCCN2CCOCC2)c3Cl)CN1C(=O)[C@@H](NO)C(C)(C)C)C(=O)OC. The summed E-state index contributed by atoms with van der Waals surface area (Å²) in [5, 5.41) is 20.0. The quantitative estimate of drug-likeness (QED) is 0.0989. The number of morpholine rings is 1. The first-order valence-electron chi connectivity index (χ1n) is 19.0. The second-order valence-electron chi connectivity index (χ2n) is 16.0. The Bertz CT molecular complexity index is 1810. The van der Waals surface area contributed by atoms with Crippen LogP contribution in [0.15, 0.2) is 41.5 Å². The molecule has 6 rings (SSSR count). The number of oxazole rings is 1. The number of hydrogen-bond donors (Lipinski definition) is 5. The predicted octanol–water partition coefficient (Wildman–Crippen LogP) is 3.98. The monoisotopic (exact) mass is 799 g/mol. The summed E-state index contributed by atoms with van der Waals surface area (Å²) in [6, 6.07) is 1.46. The first kappa shape index (κ1) is 41.3. The van der Waals surface area contributed by atoms with Crippen LogP contribution in [-0.2, 0) is 28.6 Å². The van der Waals surface area contributed by atoms with Crippen LogP contribution in [0.3, 0.4) is 0 Å². The minimum Gasteiger partial charge on any atom is -0.491 e. The van der Waals surface area contributed by atoms with Gasteiger partial charge in [-0.3, -0.25) is 14.5 Å². The lowest BCUT2D eigenvalue weighted by atomic mass is 9.86. The number of hydrogen-bond acceptors (Lipinski definition) is 14. The van der Waals surface area contributed by atoms with Gasteiger partial charge in [0.25, 0.3) is 6.01 Å². The van der Waals surface area contributed by atoms with Gasteiger partial charge in [-0.05, 0) is 43.9 Å². The highest BCUT2D eigenvalue weighted by molar-refractivity contribution is 6.35. The molecule has 0 spiro atoms. The lowest BCUT2D eigenvalue weighted by Crippen LogP contribution is -2.58. The van der Waals surface area contributed by atoms with E-state index in [-0.39, 0.29) is 24.9 Å². The van der Waals surface area contributed by atoms with Crippen molar-refractivity contribution in [3.05, 3.63) is 53.4 Å². The van der Waals surface area contributed by atoms with Crippen LogP contribution in [0.1, 0.15) is 64.8 Å². The van der Waals surface area contributed by atoms with Gasteiger partial charge in [-0.15, -0.1) is 6.58 Å². The molecule has 2 unspecified atom stereocenters. The van der Waals surface area contributed by atoms with Crippen molar-refractivity contribution in [3.8, 4) is 5.75 Å². The van der Waals surface area contributed by atoms with Crippen LogP contribution >= 0.6 is 11.6 Å². The molecule has 2 aromatic rings. The van der Waals surface area contributed by atoms with Crippen LogP contribution in [-0.4, -0.2) is 121 Å². The number of amides is 2. The highest BCUT2D eigenvalue weighted by atomic mass is 35.5. The number of aromatic nitrogens is 1. The predicted molar refractivity (Wildman–Crippen MR) is 208 cm³/mol. The van der Waals surface area contributed by atoms with Crippen molar-refractivity contribution in [1.82, 2.24) is 25.6 Å². The Morgan fingerprint density at radius 3 is 2.62 bits per heavy atom. The Morgan fingerprint density at radius 2 is 1.98 bits per heavy atom. The number of nitrogens with one attached hydrogen (secondary N) is 4. The summed E-state index contributed by atoms with van der Waals surface area (Å²) in [6.07, 6.45) is 4.73. The maximum absolute atomic E-state index is 14.1. The van der Waals surface area contributed by atoms with Crippen LogP contribution in [0.25, 0.3) is 5.76 Å². The number of nitrogens with zero attached hydrogens (tertiary/aromatic N) is 3. The third-order valence-corrected chi connectivity index (χ3v) is 11.0. The summed E-state index contributed by atoms with van der Waals surface area (Å²) in [5.41, 5.74) is 1.92. The molecule has 16 nitrogen and oxygen atoms in total. The zero-order valence-electron chi connectivity index (χ0n) is 32.9. The Morgan fingerprint density at radius 1 is 1.23 bits per heavy atom. The molecule has 4 aliphatic rings. The number of fused-ring (bicyclic) bond motifs is 1. The van der Waals surface area contributed by atoms with Crippen molar-refractivity contribution in [1.29, 1.82) is 0 Å². The first-order valence-corrected chi connectivity index (χ1v) is 19.4. The number of halogens is 1. The van der Waals surface area contributed by atoms with Crippen LogP contribution in [0.4, 0.5) is 11.7 Å². The number of methoxy groups -OCH3 is 1. The molecule has 0 bridgehead atoms. The van der Waals surface area contributed by atoms with E-state index < -0.39 is 53.0 Å². The van der Waals surface area contributed by atoms with Gasteiger partial charge in [-0.25, -0.2) is 4.79 Å². The lowest BCUT2D eigenvalue weighted by Gasteiger charge is -2.34. The molecule has 17 heteroatoms. The number of ether oxygens (including phenoxy) is 4. The Kier molecular flexibility index (Phi) is 12.5. The van der Waals surface area contributed by atoms with Crippen LogP contribution in [0, 0.1) is 11.3 Å². The van der Waals surface area contributed by atoms with Crippen molar-refractivity contribution >= 4 is 46.8 Å². The molecule has 1 aromatic carbocycles. The number of anilines is 2. The lowest BCUT2D eigenvalue weighted by molar-refractivity contribution is -0.149. The number of rotatable bonds is 15. The minimum atomic E-state index is -1.27. The van der Waals surface area contributed by atoms with Crippen molar-refractivity contribution in [2.45, 2.75) is 83.3 Å². The fourth-order valence-corrected chi connectivity index (χ4v) is 7.67. The fourth-order valence-electron chi connectivity index (χ4n) is 7.39. The number of esters is 1. The third kappa shape index (κ3) is 8.79. The summed E-state index contributed by atoms with van der Waals surface area (Å²) >= 11 is 7.07. The maximum atomic E-state index is 14.1. The largest absolute Gasteiger partial charge is 0.491 e. The summed E-state index contributed by atoms with van der Waals surface area (Å²) < 4.78 is 29.1. The van der Waals surface area contributed by atoms with Gasteiger partial charge in [0, 0.05) is 43.6 Å². The van der Waals surface area contributed by atoms with E-state index in [9.17, 15) is 19.6 Å². The van der Waals surface area contributed by atoms with E-state index in [0.29, 0.717) is 72.3 Å². The van der Waals surface area contributed by atoms with Gasteiger partial charge in [0.1, 0.15) is 58.8 Å². The standard InChI is InChI=1S/C39H54ClN7O9/c1-8-23-19-39(23,36(50)52-7)44-34(48)28-17-24(20-47(28)35(49)33(45-51)38(4,5)6)56-30-18-26(27-21-55-37(43-27)41-22(2)3)42-32-25(30)9-10-29(31(32)40)54-16-13-46-11-14-53-15-12-46/h8-10,18,21-24,26,28,33,42,45,51H,1,11-17,19-20H2,2-7H3,(H,41,43)(H,44,48)/t23-,24-,26?,28+,33-,39?/m1/s1. The highest BCUT2D eigenvalue weighted by Crippen LogP contribution is 2.47. The van der Waals surface area contributed by atoms with E-state index >= 15 is 0 Å². The van der Waals surface area contributed by atoms with E-state index in [1.807, 2.05) is 26.0 Å². The van der Waals surface area contributed by atoms with E-state index in [2.05, 4.69) is 37.9 Å². The first-order chi connectivity index (χ1) is 26.7. The molecular weight excluding hydrogens is 746 g/mol. The van der Waals surface area contributed by atoms with Gasteiger partial charge in [0.15, 0.2) is 0 Å². The topological polar surface area (TPSA) is 189 Å². The molecule has 56 heavy (non-hydrogen) atoms. The van der Waals surface area contributed by atoms with Gasteiger partial charge in [0.05, 0.1) is 38.6 Å². The average molecular weight is 800 g/mol. The summed E-state index contributed by atoms with van der Waals surface area (Å²) in [4.78, 5) is 49.4. The van der Waals surface area contributed by atoms with Gasteiger partial charge in [-0.2, -0.15) is 10.5 Å². The molecular formula is C39H54ClN7O9. The second-order valence-corrected chi connectivity index (χ2v) is 16.4. The number of carbonyl (C=O) groups excluding carboxylic acids is 3. The van der Waals surface area contributed by atoms with Gasteiger partial charge < -0.3 is 49.4 Å². The molecule has 4 heterocycles. The Hall–Kier alpha value is -4.35. The van der Waals surface area contributed by atoms with Crippen LogP contribution in [0.2, 0.25) is 5.02 Å². The number of carbonyl (C=O) groups is 3. The number of hydroxylamine groups is 1. The highest BCUT2D eigenvalue weighted by Gasteiger charge is 2.62. The van der Waals surface area contributed by atoms with Crippen LogP contribution < -0.4 is 26.2 Å². The molecule has 2 amide bonds. The molecule has 2 saturated heterocycles. The number of likely N-dealkylation sites (tertiary alicyclic amines) is 1. The minimum absolute atomic E-state index is 0.00887. The van der Waals surface area contributed by atoms with E-state index in [0.717, 1.165) is 13.1 Å². The van der Waals surface area contributed by atoms with Crippen molar-refractivity contribution < 1.29 is 43.0 Å². The zero-order valence-corrected chi connectivity index (χ0v) is 33.6. The average Bonchev–Trinajstić information content (AvgIpc) is 3.43. The van der Waals surface area contributed by atoms with E-state index in [4.69, 9.17) is 35.0 Å². The molecule has 5 N–H and O–H groups in total. The fraction of sp³-hybridized carbons (Fsp3) is 0.590. The molecule has 3 aliphatic heterocycles. The normalized spacial score (nSPS) is 25.4. The maximum Gasteiger partial charge on any atom is 0.332 e. The van der Waals surface area contributed by atoms with Gasteiger partial charge in [0.2, 0.25) is 11.8 Å². The van der Waals surface area contributed by atoms with Crippen molar-refractivity contribution in [3.63, 3.8) is 0 Å². The summed E-state index contributed by atoms with van der Waals surface area (Å²) in [5.74, 6) is -1.02. The second kappa shape index (κ2) is 17.0. The summed E-state index contributed by atoms with van der Waals surface area (Å²) in [7, 11) is 1.26. The molecule has 6 atom stereocenters. The molecule has 0 radical (unpaired) electrons. The third-order valence-electron chi connectivity index (χ3n) is 10.6. The summed E-state index contributed by atoms with van der Waals surface area (Å²) in [6.45, 7) is 17.4. The van der Waals surface area contributed by atoms with Crippen molar-refractivity contribution in [2.75, 3.05) is 63.7 Å². The smallest absolute Gasteiger partial charge is 0.332 e. The van der Waals surface area contributed by atoms with Gasteiger partial charge in [-0.1, -0.05) is 38.4 Å². The van der Waals surface area contributed by atoms with Crippen molar-refractivity contribution in [2.24, 2.45) is 11.3 Å².